The van der Waals surface area contributed by atoms with Crippen LogP contribution in [0.5, 0.6) is 5.75 Å². The standard InChI is InChI=1S/C22H19Cl2N5O2/c1-15-12-20(27-29(15)13-16-6-3-2-4-7-16)25-22(30)18-10-11-28(26-18)14-31-19-9-5-8-17(23)21(19)24/h2-12H,13-14H2,1H3,(H,25,27,30). The lowest BCUT2D eigenvalue weighted by atomic mass is 10.2. The molecular weight excluding hydrogens is 437 g/mol. The fourth-order valence-corrected chi connectivity index (χ4v) is 3.30. The number of carbonyl (C=O) groups is 1. The first kappa shape index (κ1) is 21.0. The highest BCUT2D eigenvalue weighted by Gasteiger charge is 2.13. The van der Waals surface area contributed by atoms with Crippen LogP contribution in [-0.4, -0.2) is 25.5 Å². The summed E-state index contributed by atoms with van der Waals surface area (Å²) in [5, 5.41) is 12.2. The van der Waals surface area contributed by atoms with E-state index in [1.54, 1.807) is 30.5 Å². The first-order chi connectivity index (χ1) is 15.0. The van der Waals surface area contributed by atoms with E-state index < -0.39 is 0 Å². The van der Waals surface area contributed by atoms with E-state index in [1.165, 1.54) is 4.68 Å². The minimum atomic E-state index is -0.358. The van der Waals surface area contributed by atoms with E-state index in [0.29, 0.717) is 28.2 Å². The highest BCUT2D eigenvalue weighted by Crippen LogP contribution is 2.31. The molecule has 1 N–H and O–H groups in total. The van der Waals surface area contributed by atoms with E-state index in [9.17, 15) is 4.79 Å². The maximum atomic E-state index is 12.6. The normalized spacial score (nSPS) is 10.8. The Kier molecular flexibility index (Phi) is 6.25. The third kappa shape index (κ3) is 5.07. The quantitative estimate of drug-likeness (QED) is 0.423. The van der Waals surface area contributed by atoms with Gasteiger partial charge in [-0.1, -0.05) is 59.6 Å². The van der Waals surface area contributed by atoms with E-state index in [-0.39, 0.29) is 18.3 Å². The number of amides is 1. The summed E-state index contributed by atoms with van der Waals surface area (Å²) in [4.78, 5) is 12.6. The Hall–Kier alpha value is -3.29. The summed E-state index contributed by atoms with van der Waals surface area (Å²) in [6.07, 6.45) is 1.65. The molecule has 2 aromatic carbocycles. The molecular formula is C22H19Cl2N5O2. The van der Waals surface area contributed by atoms with Crippen LogP contribution in [-0.2, 0) is 13.3 Å². The van der Waals surface area contributed by atoms with Gasteiger partial charge in [-0.05, 0) is 30.7 Å². The zero-order chi connectivity index (χ0) is 21.8. The molecule has 0 spiro atoms. The molecule has 9 heteroatoms. The molecule has 0 unspecified atom stereocenters. The number of aryl methyl sites for hydroxylation is 1. The van der Waals surface area contributed by atoms with E-state index in [4.69, 9.17) is 27.9 Å². The molecule has 0 saturated carbocycles. The molecule has 4 aromatic rings. The van der Waals surface area contributed by atoms with Gasteiger partial charge < -0.3 is 10.1 Å². The van der Waals surface area contributed by atoms with Gasteiger partial charge in [0.05, 0.1) is 11.6 Å². The first-order valence-electron chi connectivity index (χ1n) is 9.49. The van der Waals surface area contributed by atoms with Gasteiger partial charge >= 0.3 is 0 Å². The molecule has 0 atom stereocenters. The van der Waals surface area contributed by atoms with Gasteiger partial charge in [-0.25, -0.2) is 4.68 Å². The summed E-state index contributed by atoms with van der Waals surface area (Å²) in [5.41, 5.74) is 2.32. The second-order valence-corrected chi connectivity index (χ2v) is 7.62. The Morgan fingerprint density at radius 2 is 1.87 bits per heavy atom. The zero-order valence-corrected chi connectivity index (χ0v) is 18.1. The number of ether oxygens (including phenoxy) is 1. The fourth-order valence-electron chi connectivity index (χ4n) is 2.95. The monoisotopic (exact) mass is 455 g/mol. The van der Waals surface area contributed by atoms with Gasteiger partial charge in [0.15, 0.2) is 18.2 Å². The molecule has 0 aliphatic rings. The predicted octanol–water partition coefficient (Wildman–Crippen LogP) is 5.03. The van der Waals surface area contributed by atoms with Crippen LogP contribution in [0.3, 0.4) is 0 Å². The van der Waals surface area contributed by atoms with Crippen LogP contribution in [0.25, 0.3) is 0 Å². The van der Waals surface area contributed by atoms with E-state index >= 15 is 0 Å². The Morgan fingerprint density at radius 1 is 1.06 bits per heavy atom. The summed E-state index contributed by atoms with van der Waals surface area (Å²) in [6.45, 7) is 2.65. The third-order valence-corrected chi connectivity index (χ3v) is 5.34. The number of anilines is 1. The minimum Gasteiger partial charge on any atom is -0.470 e. The van der Waals surface area contributed by atoms with Crippen molar-refractivity contribution in [1.29, 1.82) is 0 Å². The van der Waals surface area contributed by atoms with Crippen molar-refractivity contribution in [2.24, 2.45) is 0 Å². The number of carbonyl (C=O) groups excluding carboxylic acids is 1. The number of nitrogens with one attached hydrogen (secondary N) is 1. The van der Waals surface area contributed by atoms with E-state index in [2.05, 4.69) is 15.5 Å². The molecule has 31 heavy (non-hydrogen) atoms. The minimum absolute atomic E-state index is 0.0815. The third-order valence-electron chi connectivity index (χ3n) is 4.54. The topological polar surface area (TPSA) is 74.0 Å². The number of aromatic nitrogens is 4. The van der Waals surface area contributed by atoms with Gasteiger partial charge in [-0.3, -0.25) is 9.48 Å². The van der Waals surface area contributed by atoms with Crippen LogP contribution in [0, 0.1) is 6.92 Å². The van der Waals surface area contributed by atoms with Gasteiger partial charge in [0.25, 0.3) is 5.91 Å². The van der Waals surface area contributed by atoms with Crippen molar-refractivity contribution in [3.8, 4) is 5.75 Å². The van der Waals surface area contributed by atoms with Gasteiger partial charge in [0.1, 0.15) is 10.8 Å². The molecule has 1 amide bonds. The van der Waals surface area contributed by atoms with Gasteiger partial charge in [0, 0.05) is 18.0 Å². The molecule has 0 aliphatic carbocycles. The van der Waals surface area contributed by atoms with Crippen molar-refractivity contribution in [3.63, 3.8) is 0 Å². The van der Waals surface area contributed by atoms with Crippen molar-refractivity contribution in [3.05, 3.63) is 93.9 Å². The van der Waals surface area contributed by atoms with Gasteiger partial charge in [-0.2, -0.15) is 10.2 Å². The lowest BCUT2D eigenvalue weighted by molar-refractivity contribution is 0.101. The van der Waals surface area contributed by atoms with Gasteiger partial charge in [-0.15, -0.1) is 0 Å². The van der Waals surface area contributed by atoms with E-state index in [1.807, 2.05) is 48.0 Å². The highest BCUT2D eigenvalue weighted by atomic mass is 35.5. The summed E-state index contributed by atoms with van der Waals surface area (Å²) in [6, 6.07) is 18.6. The van der Waals surface area contributed by atoms with Crippen LogP contribution in [0.15, 0.2) is 66.9 Å². The number of hydrogen-bond donors (Lipinski definition) is 1. The number of hydrogen-bond acceptors (Lipinski definition) is 4. The van der Waals surface area contributed by atoms with Crippen LogP contribution in [0.1, 0.15) is 21.7 Å². The maximum Gasteiger partial charge on any atom is 0.277 e. The van der Waals surface area contributed by atoms with Crippen molar-refractivity contribution in [1.82, 2.24) is 19.6 Å². The number of nitrogens with zero attached hydrogens (tertiary/aromatic N) is 4. The second kappa shape index (κ2) is 9.24. The van der Waals surface area contributed by atoms with Crippen molar-refractivity contribution in [2.75, 3.05) is 5.32 Å². The SMILES string of the molecule is Cc1cc(NC(=O)c2ccn(COc3cccc(Cl)c3Cl)n2)nn1Cc1ccccc1. The average Bonchev–Trinajstić information content (AvgIpc) is 3.37. The Balaban J connectivity index is 1.38. The fraction of sp³-hybridized carbons (Fsp3) is 0.136. The average molecular weight is 456 g/mol. The van der Waals surface area contributed by atoms with Crippen molar-refractivity contribution < 1.29 is 9.53 Å². The summed E-state index contributed by atoms with van der Waals surface area (Å²) < 4.78 is 8.96. The van der Waals surface area contributed by atoms with Gasteiger partial charge in [0.2, 0.25) is 0 Å². The largest absolute Gasteiger partial charge is 0.470 e. The van der Waals surface area contributed by atoms with Crippen LogP contribution in [0.2, 0.25) is 10.0 Å². The second-order valence-electron chi connectivity index (χ2n) is 6.83. The van der Waals surface area contributed by atoms with Crippen LogP contribution < -0.4 is 10.1 Å². The van der Waals surface area contributed by atoms with Crippen LogP contribution in [0.4, 0.5) is 5.82 Å². The number of benzene rings is 2. The lowest BCUT2D eigenvalue weighted by Gasteiger charge is -2.08. The molecule has 0 radical (unpaired) electrons. The van der Waals surface area contributed by atoms with E-state index in [0.717, 1.165) is 11.3 Å². The molecule has 4 rings (SSSR count). The summed E-state index contributed by atoms with van der Waals surface area (Å²) >= 11 is 12.1. The molecule has 2 aromatic heterocycles. The molecule has 158 valence electrons. The zero-order valence-electron chi connectivity index (χ0n) is 16.6. The number of halogens is 2. The van der Waals surface area contributed by atoms with Crippen LogP contribution >= 0.6 is 23.2 Å². The molecule has 0 fully saturated rings. The summed E-state index contributed by atoms with van der Waals surface area (Å²) in [7, 11) is 0. The first-order valence-corrected chi connectivity index (χ1v) is 10.2. The van der Waals surface area contributed by atoms with Crippen molar-refractivity contribution in [2.45, 2.75) is 20.2 Å². The molecule has 0 bridgehead atoms. The number of rotatable bonds is 7. The Morgan fingerprint density at radius 3 is 2.68 bits per heavy atom. The molecule has 0 saturated heterocycles. The maximum absolute atomic E-state index is 12.6. The lowest BCUT2D eigenvalue weighted by Crippen LogP contribution is -2.15. The smallest absolute Gasteiger partial charge is 0.277 e. The predicted molar refractivity (Wildman–Crippen MR) is 120 cm³/mol. The molecule has 7 nitrogen and oxygen atoms in total. The highest BCUT2D eigenvalue weighted by molar-refractivity contribution is 6.42. The van der Waals surface area contributed by atoms with Crippen molar-refractivity contribution >= 4 is 34.9 Å². The summed E-state index contributed by atoms with van der Waals surface area (Å²) in [5.74, 6) is 0.550. The molecule has 0 aliphatic heterocycles. The Bertz CT molecular complexity index is 1200. The Labute approximate surface area is 189 Å². The molecule has 2 heterocycles.